The predicted octanol–water partition coefficient (Wildman–Crippen LogP) is 9.90. The number of nitrogens with zero attached hydrogens (tertiary/aromatic N) is 2. The van der Waals surface area contributed by atoms with Crippen LogP contribution in [0.25, 0.3) is 0 Å². The van der Waals surface area contributed by atoms with Crippen molar-refractivity contribution in [2.45, 2.75) is 0 Å². The molecule has 0 aliphatic carbocycles. The highest BCUT2D eigenvalue weighted by Gasteiger charge is 2.06. The molecule has 0 spiro atoms. The van der Waals surface area contributed by atoms with E-state index >= 15 is 0 Å². The number of nitrogens with one attached hydrogen (secondary N) is 4. The van der Waals surface area contributed by atoms with Crippen LogP contribution in [-0.4, -0.2) is 11.9 Å². The summed E-state index contributed by atoms with van der Waals surface area (Å²) in [4.78, 5) is 9.52. The molecule has 45 heavy (non-hydrogen) atoms. The van der Waals surface area contributed by atoms with E-state index in [-0.39, 0.29) is 0 Å². The van der Waals surface area contributed by atoms with Crippen LogP contribution < -0.4 is 26.0 Å². The predicted molar refractivity (Wildman–Crippen MR) is 187 cm³/mol. The molecule has 0 aromatic heterocycles. The van der Waals surface area contributed by atoms with Gasteiger partial charge in [-0.25, -0.2) is 9.98 Å². The van der Waals surface area contributed by atoms with Crippen molar-refractivity contribution in [1.29, 1.82) is 0 Å². The van der Waals surface area contributed by atoms with Crippen LogP contribution in [0.3, 0.4) is 0 Å². The molecule has 0 radical (unpaired) electrons. The van der Waals surface area contributed by atoms with Crippen LogP contribution in [0.2, 0.25) is 0 Å². The normalized spacial score (nSPS) is 11.4. The molecule has 0 fully saturated rings. The zero-order chi connectivity index (χ0) is 30.5. The van der Waals surface area contributed by atoms with Crippen molar-refractivity contribution < 1.29 is 4.74 Å². The van der Waals surface area contributed by atoms with Gasteiger partial charge in [-0.3, -0.25) is 0 Å². The third kappa shape index (κ3) is 8.83. The zero-order valence-electron chi connectivity index (χ0n) is 24.5. The molecule has 6 aromatic carbocycles. The molecule has 0 atom stereocenters. The van der Waals surface area contributed by atoms with Crippen LogP contribution in [0.1, 0.15) is 0 Å². The molecular weight excluding hydrogens is 556 g/mol. The van der Waals surface area contributed by atoms with E-state index in [9.17, 15) is 0 Å². The molecule has 7 heteroatoms. The van der Waals surface area contributed by atoms with Crippen LogP contribution >= 0.6 is 0 Å². The molecule has 0 amide bonds. The summed E-state index contributed by atoms with van der Waals surface area (Å²) in [5.74, 6) is 2.66. The SMILES string of the molecule is c1ccc(N=C(Nc2ccccc2)Nc2ccc(Oc3ccc(NC(=Nc4ccccc4)Nc4ccccc4)cc3)cc2)cc1. The van der Waals surface area contributed by atoms with E-state index in [0.717, 1.165) is 45.6 Å². The molecule has 6 aromatic rings. The lowest BCUT2D eigenvalue weighted by Crippen LogP contribution is -2.21. The van der Waals surface area contributed by atoms with Crippen LogP contribution in [-0.2, 0) is 0 Å². The highest BCUT2D eigenvalue weighted by atomic mass is 16.5. The third-order valence-corrected chi connectivity index (χ3v) is 6.54. The highest BCUT2D eigenvalue weighted by Crippen LogP contribution is 2.25. The van der Waals surface area contributed by atoms with Gasteiger partial charge in [0.15, 0.2) is 0 Å². The minimum absolute atomic E-state index is 0.612. The van der Waals surface area contributed by atoms with Crippen molar-refractivity contribution in [2.75, 3.05) is 21.3 Å². The molecule has 7 nitrogen and oxygen atoms in total. The summed E-state index contributed by atoms with van der Waals surface area (Å²) in [6, 6.07) is 55.1. The fourth-order valence-electron chi connectivity index (χ4n) is 4.38. The quantitative estimate of drug-likeness (QED) is 0.105. The van der Waals surface area contributed by atoms with Gasteiger partial charge in [-0.05, 0) is 97.1 Å². The summed E-state index contributed by atoms with van der Waals surface area (Å²) < 4.78 is 6.13. The summed E-state index contributed by atoms with van der Waals surface area (Å²) in [6.07, 6.45) is 0. The molecular formula is C38H32N6O. The Hall–Kier alpha value is -6.34. The smallest absolute Gasteiger partial charge is 0.205 e. The van der Waals surface area contributed by atoms with E-state index in [1.54, 1.807) is 0 Å². The largest absolute Gasteiger partial charge is 0.457 e. The Morgan fingerprint density at radius 2 is 0.622 bits per heavy atom. The van der Waals surface area contributed by atoms with Gasteiger partial charge in [-0.2, -0.15) is 0 Å². The standard InChI is InChI=1S/C38H32N6O/c1-5-13-29(14-6-1)39-37(40-30-15-7-2-8-16-30)43-33-21-25-35(26-22-33)45-36-27-23-34(24-28-36)44-38(41-31-17-9-3-10-18-31)42-32-19-11-4-12-20-32/h1-28H,(H2,39,40,43)(H2,41,42,44). The second kappa shape index (κ2) is 14.7. The first-order valence-electron chi connectivity index (χ1n) is 14.6. The first-order chi connectivity index (χ1) is 22.2. The lowest BCUT2D eigenvalue weighted by molar-refractivity contribution is 0.483. The maximum atomic E-state index is 6.13. The Kier molecular flexibility index (Phi) is 9.40. The molecule has 0 unspecified atom stereocenters. The van der Waals surface area contributed by atoms with Crippen molar-refractivity contribution in [3.05, 3.63) is 170 Å². The van der Waals surface area contributed by atoms with Crippen molar-refractivity contribution in [2.24, 2.45) is 9.98 Å². The Morgan fingerprint density at radius 3 is 0.956 bits per heavy atom. The molecule has 0 aliphatic rings. The van der Waals surface area contributed by atoms with Crippen molar-refractivity contribution in [3.8, 4) is 11.5 Å². The second-order valence-corrected chi connectivity index (χ2v) is 9.97. The van der Waals surface area contributed by atoms with Crippen LogP contribution in [0, 0.1) is 0 Å². The van der Waals surface area contributed by atoms with Crippen molar-refractivity contribution in [1.82, 2.24) is 0 Å². The van der Waals surface area contributed by atoms with Crippen molar-refractivity contribution >= 4 is 46.0 Å². The van der Waals surface area contributed by atoms with Crippen LogP contribution in [0.15, 0.2) is 180 Å². The maximum absolute atomic E-state index is 6.13. The lowest BCUT2D eigenvalue weighted by Gasteiger charge is -2.14. The van der Waals surface area contributed by atoms with Gasteiger partial charge < -0.3 is 26.0 Å². The van der Waals surface area contributed by atoms with E-state index in [1.807, 2.05) is 170 Å². The van der Waals surface area contributed by atoms with Gasteiger partial charge in [0.2, 0.25) is 11.9 Å². The molecule has 4 N–H and O–H groups in total. The number of benzene rings is 6. The monoisotopic (exact) mass is 588 g/mol. The second-order valence-electron chi connectivity index (χ2n) is 9.97. The zero-order valence-corrected chi connectivity index (χ0v) is 24.5. The number of rotatable bonds is 8. The number of ether oxygens (including phenoxy) is 1. The average molecular weight is 589 g/mol. The Morgan fingerprint density at radius 1 is 0.333 bits per heavy atom. The third-order valence-electron chi connectivity index (χ3n) is 6.54. The van der Waals surface area contributed by atoms with E-state index in [2.05, 4.69) is 21.3 Å². The number of aliphatic imine (C=N–C) groups is 2. The number of para-hydroxylation sites is 4. The van der Waals surface area contributed by atoms with E-state index < -0.39 is 0 Å². The average Bonchev–Trinajstić information content (AvgIpc) is 3.08. The first kappa shape index (κ1) is 28.8. The number of hydrogen-bond donors (Lipinski definition) is 4. The maximum Gasteiger partial charge on any atom is 0.205 e. The van der Waals surface area contributed by atoms with Gasteiger partial charge in [-0.1, -0.05) is 72.8 Å². The minimum Gasteiger partial charge on any atom is -0.457 e. The van der Waals surface area contributed by atoms with E-state index in [1.165, 1.54) is 0 Å². The van der Waals surface area contributed by atoms with Gasteiger partial charge in [0.05, 0.1) is 11.4 Å². The summed E-state index contributed by atoms with van der Waals surface area (Å²) >= 11 is 0. The fraction of sp³-hybridized carbons (Fsp3) is 0. The van der Waals surface area contributed by atoms with Gasteiger partial charge in [0.25, 0.3) is 0 Å². The van der Waals surface area contributed by atoms with E-state index in [4.69, 9.17) is 14.7 Å². The fourth-order valence-corrected chi connectivity index (χ4v) is 4.38. The van der Waals surface area contributed by atoms with Gasteiger partial charge in [-0.15, -0.1) is 0 Å². The van der Waals surface area contributed by atoms with Crippen LogP contribution in [0.5, 0.6) is 11.5 Å². The summed E-state index contributed by atoms with van der Waals surface area (Å²) in [5, 5.41) is 13.5. The lowest BCUT2D eigenvalue weighted by atomic mass is 10.2. The molecule has 0 heterocycles. The number of hydrogen-bond acceptors (Lipinski definition) is 3. The summed E-state index contributed by atoms with van der Waals surface area (Å²) in [5.41, 5.74) is 5.30. The molecule has 0 aliphatic heterocycles. The topological polar surface area (TPSA) is 82.1 Å². The van der Waals surface area contributed by atoms with Gasteiger partial charge >= 0.3 is 0 Å². The molecule has 6 rings (SSSR count). The summed E-state index contributed by atoms with van der Waals surface area (Å²) in [7, 11) is 0. The van der Waals surface area contributed by atoms with Crippen molar-refractivity contribution in [3.63, 3.8) is 0 Å². The molecule has 0 saturated carbocycles. The number of guanidine groups is 2. The Balaban J connectivity index is 1.11. The molecule has 0 saturated heterocycles. The molecule has 220 valence electrons. The van der Waals surface area contributed by atoms with Gasteiger partial charge in [0, 0.05) is 22.7 Å². The van der Waals surface area contributed by atoms with E-state index in [0.29, 0.717) is 11.9 Å². The highest BCUT2D eigenvalue weighted by molar-refractivity contribution is 6.05. The first-order valence-corrected chi connectivity index (χ1v) is 14.6. The Bertz CT molecular complexity index is 1690. The molecule has 0 bridgehead atoms. The minimum atomic E-state index is 0.612. The van der Waals surface area contributed by atoms with Crippen LogP contribution in [0.4, 0.5) is 34.1 Å². The van der Waals surface area contributed by atoms with Gasteiger partial charge in [0.1, 0.15) is 11.5 Å². The Labute approximate surface area is 263 Å². The summed E-state index contributed by atoms with van der Waals surface area (Å²) in [6.45, 7) is 0. The number of anilines is 4.